The molecule has 1 saturated heterocycles. The average Bonchev–Trinajstić information content (AvgIpc) is 3.04. The van der Waals surface area contributed by atoms with Gasteiger partial charge < -0.3 is 0 Å². The van der Waals surface area contributed by atoms with Gasteiger partial charge in [-0.25, -0.2) is 4.90 Å². The van der Waals surface area contributed by atoms with Crippen molar-refractivity contribution in [2.24, 2.45) is 11.8 Å². The summed E-state index contributed by atoms with van der Waals surface area (Å²) in [7, 11) is 0. The van der Waals surface area contributed by atoms with E-state index in [9.17, 15) is 9.59 Å². The lowest BCUT2D eigenvalue weighted by Crippen LogP contribution is -2.57. The topological polar surface area (TPSA) is 37.4 Å². The van der Waals surface area contributed by atoms with Crippen LogP contribution in [0.3, 0.4) is 0 Å². The minimum Gasteiger partial charge on any atom is -0.274 e. The highest BCUT2D eigenvalue weighted by Gasteiger charge is 2.73. The molecule has 0 aromatic heterocycles. The molecule has 1 fully saturated rings. The number of halogens is 3. The van der Waals surface area contributed by atoms with Crippen molar-refractivity contribution in [1.82, 2.24) is 0 Å². The molecule has 2 amide bonds. The van der Waals surface area contributed by atoms with Crippen LogP contribution in [0.2, 0.25) is 5.02 Å². The van der Waals surface area contributed by atoms with Crippen molar-refractivity contribution in [3.63, 3.8) is 0 Å². The maximum Gasteiger partial charge on any atom is 0.240 e. The number of nitrogens with zero attached hydrogens (tertiary/aromatic N) is 1. The maximum atomic E-state index is 13.8. The molecule has 2 atom stereocenters. The Bertz CT molecular complexity index is 1150. The molecule has 3 aromatic rings. The summed E-state index contributed by atoms with van der Waals surface area (Å²) in [6, 6.07) is 22.0. The summed E-state index contributed by atoms with van der Waals surface area (Å²) in [6.45, 7) is 0. The fraction of sp³-hybridized carbons (Fsp3) is 0.167. The fourth-order valence-electron chi connectivity index (χ4n) is 5.54. The highest BCUT2D eigenvalue weighted by atomic mass is 35.5. The molecule has 3 aromatic carbocycles. The Morgan fingerprint density at radius 1 is 0.633 bits per heavy atom. The van der Waals surface area contributed by atoms with Gasteiger partial charge in [0.15, 0.2) is 0 Å². The fourth-order valence-corrected chi connectivity index (χ4v) is 6.86. The van der Waals surface area contributed by atoms with E-state index in [1.54, 1.807) is 24.3 Å². The number of carbonyl (C=O) groups is 2. The second-order valence-corrected chi connectivity index (χ2v) is 9.53. The van der Waals surface area contributed by atoms with Crippen molar-refractivity contribution in [3.05, 3.63) is 100 Å². The van der Waals surface area contributed by atoms with E-state index in [0.29, 0.717) is 10.7 Å². The maximum absolute atomic E-state index is 13.8. The molecule has 3 aliphatic carbocycles. The summed E-state index contributed by atoms with van der Waals surface area (Å²) in [6.07, 6.45) is 0. The normalized spacial score (nSPS) is 30.8. The molecule has 0 unspecified atom stereocenters. The zero-order valence-corrected chi connectivity index (χ0v) is 17.7. The van der Waals surface area contributed by atoms with Gasteiger partial charge in [-0.3, -0.25) is 9.59 Å². The Balaban J connectivity index is 1.68. The zero-order valence-electron chi connectivity index (χ0n) is 15.5. The van der Waals surface area contributed by atoms with E-state index in [0.717, 1.165) is 22.3 Å². The number of alkyl halides is 2. The zero-order chi connectivity index (χ0) is 20.8. The minimum absolute atomic E-state index is 0.326. The number of rotatable bonds is 1. The number of amides is 2. The lowest BCUT2D eigenvalue weighted by molar-refractivity contribution is -0.122. The highest BCUT2D eigenvalue weighted by molar-refractivity contribution is 6.40. The first-order chi connectivity index (χ1) is 14.4. The Hall–Kier alpha value is -2.33. The van der Waals surface area contributed by atoms with E-state index in [2.05, 4.69) is 0 Å². The Labute approximate surface area is 188 Å². The second kappa shape index (κ2) is 5.88. The number of para-hydroxylation sites is 1. The van der Waals surface area contributed by atoms with Crippen LogP contribution in [0.15, 0.2) is 72.8 Å². The van der Waals surface area contributed by atoms with Gasteiger partial charge in [0.05, 0.1) is 22.5 Å². The second-order valence-electron chi connectivity index (χ2n) is 7.93. The van der Waals surface area contributed by atoms with Crippen molar-refractivity contribution < 1.29 is 9.59 Å². The third-order valence-corrected chi connectivity index (χ3v) is 8.28. The summed E-state index contributed by atoms with van der Waals surface area (Å²) in [5.74, 6) is -2.40. The first-order valence-electron chi connectivity index (χ1n) is 9.62. The number of hydrogen-bond donors (Lipinski definition) is 0. The number of benzene rings is 3. The third kappa shape index (κ3) is 1.90. The molecule has 1 heterocycles. The Kier molecular flexibility index (Phi) is 3.61. The lowest BCUT2D eigenvalue weighted by atomic mass is 9.54. The monoisotopic (exact) mass is 453 g/mol. The van der Waals surface area contributed by atoms with Crippen LogP contribution in [0.5, 0.6) is 0 Å². The largest absolute Gasteiger partial charge is 0.274 e. The van der Waals surface area contributed by atoms with Crippen LogP contribution >= 0.6 is 34.8 Å². The van der Waals surface area contributed by atoms with Crippen LogP contribution in [0.1, 0.15) is 22.3 Å². The molecule has 1 aliphatic heterocycles. The Morgan fingerprint density at radius 2 is 1.00 bits per heavy atom. The van der Waals surface area contributed by atoms with Crippen molar-refractivity contribution in [2.75, 3.05) is 4.90 Å². The van der Waals surface area contributed by atoms with Gasteiger partial charge in [0.2, 0.25) is 11.8 Å². The van der Waals surface area contributed by atoms with E-state index in [-0.39, 0.29) is 11.8 Å². The van der Waals surface area contributed by atoms with E-state index in [4.69, 9.17) is 34.8 Å². The quantitative estimate of drug-likeness (QED) is 0.363. The van der Waals surface area contributed by atoms with E-state index in [1.807, 2.05) is 48.5 Å². The molecule has 30 heavy (non-hydrogen) atoms. The first kappa shape index (κ1) is 18.4. The number of anilines is 1. The lowest BCUT2D eigenvalue weighted by Gasteiger charge is -2.54. The molecular formula is C24H14Cl3NO2. The van der Waals surface area contributed by atoms with Gasteiger partial charge in [0, 0.05) is 0 Å². The summed E-state index contributed by atoms with van der Waals surface area (Å²) in [5.41, 5.74) is 3.48. The van der Waals surface area contributed by atoms with Gasteiger partial charge in [-0.1, -0.05) is 72.3 Å². The van der Waals surface area contributed by atoms with E-state index in [1.165, 1.54) is 4.90 Å². The average molecular weight is 455 g/mol. The van der Waals surface area contributed by atoms with Gasteiger partial charge in [-0.05, 0) is 34.4 Å². The highest BCUT2D eigenvalue weighted by Crippen LogP contribution is 2.69. The standard InChI is InChI=1S/C24H14Cl3NO2/c25-17-11-5-6-12-18(17)28-21(29)19-20(22(28)30)24(27)14-8-2-1-7-13(14)23(19,26)15-9-3-4-10-16(15)24/h1-12,19-20H/t19-,20-,23?,24?/m1/s1. The molecule has 2 bridgehead atoms. The predicted molar refractivity (Wildman–Crippen MR) is 117 cm³/mol. The van der Waals surface area contributed by atoms with Crippen LogP contribution in [0.4, 0.5) is 5.69 Å². The molecule has 3 nitrogen and oxygen atoms in total. The molecule has 4 aliphatic rings. The smallest absolute Gasteiger partial charge is 0.240 e. The SMILES string of the molecule is O=C1[C@H]2[C@H](C(=O)N1c1ccccc1Cl)C1(Cl)c3ccccc3C2(Cl)c2ccccc21. The number of imide groups is 1. The van der Waals surface area contributed by atoms with Gasteiger partial charge in [0.25, 0.3) is 0 Å². The first-order valence-corrected chi connectivity index (χ1v) is 10.7. The molecule has 0 N–H and O–H groups in total. The summed E-state index contributed by atoms with van der Waals surface area (Å²) in [4.78, 5) is 26.3. The molecular weight excluding hydrogens is 441 g/mol. The van der Waals surface area contributed by atoms with Crippen molar-refractivity contribution in [2.45, 2.75) is 9.75 Å². The molecule has 148 valence electrons. The van der Waals surface area contributed by atoms with Crippen LogP contribution in [-0.4, -0.2) is 11.8 Å². The molecule has 0 spiro atoms. The summed E-state index contributed by atoms with van der Waals surface area (Å²) in [5, 5.41) is 0.326. The number of carbonyl (C=O) groups excluding carboxylic acids is 2. The summed E-state index contributed by atoms with van der Waals surface area (Å²) < 4.78 is 0. The molecule has 0 radical (unpaired) electrons. The van der Waals surface area contributed by atoms with Crippen LogP contribution in [0.25, 0.3) is 0 Å². The van der Waals surface area contributed by atoms with Gasteiger partial charge >= 0.3 is 0 Å². The van der Waals surface area contributed by atoms with Gasteiger partial charge in [-0.15, -0.1) is 23.2 Å². The third-order valence-electron chi connectivity index (χ3n) is 6.68. The molecule has 0 saturated carbocycles. The summed E-state index contributed by atoms with van der Waals surface area (Å²) >= 11 is 21.1. The van der Waals surface area contributed by atoms with Gasteiger partial charge in [0.1, 0.15) is 9.75 Å². The molecule has 7 rings (SSSR count). The van der Waals surface area contributed by atoms with Crippen molar-refractivity contribution >= 4 is 52.3 Å². The van der Waals surface area contributed by atoms with Crippen LogP contribution < -0.4 is 4.90 Å². The minimum atomic E-state index is -1.18. The molecule has 6 heteroatoms. The van der Waals surface area contributed by atoms with Crippen LogP contribution in [0, 0.1) is 11.8 Å². The van der Waals surface area contributed by atoms with Gasteiger partial charge in [-0.2, -0.15) is 0 Å². The van der Waals surface area contributed by atoms with Crippen molar-refractivity contribution in [1.29, 1.82) is 0 Å². The van der Waals surface area contributed by atoms with Crippen LogP contribution in [-0.2, 0) is 19.3 Å². The predicted octanol–water partition coefficient (Wildman–Crippen LogP) is 5.44. The Morgan fingerprint density at radius 3 is 1.40 bits per heavy atom. The van der Waals surface area contributed by atoms with Crippen molar-refractivity contribution in [3.8, 4) is 0 Å². The van der Waals surface area contributed by atoms with E-state index < -0.39 is 21.6 Å². The number of hydrogen-bond acceptors (Lipinski definition) is 2. The van der Waals surface area contributed by atoms with E-state index >= 15 is 0 Å².